The van der Waals surface area contributed by atoms with E-state index in [-0.39, 0.29) is 12.1 Å². The molecule has 33 heavy (non-hydrogen) atoms. The van der Waals surface area contributed by atoms with E-state index in [1.165, 1.54) is 0 Å². The van der Waals surface area contributed by atoms with Gasteiger partial charge in [0.25, 0.3) is 0 Å². The van der Waals surface area contributed by atoms with Crippen molar-refractivity contribution in [1.82, 2.24) is 10.6 Å². The number of amides is 2. The first-order chi connectivity index (χ1) is 16.0. The Morgan fingerprint density at radius 1 is 0.909 bits per heavy atom. The number of rotatable bonds is 7. The third kappa shape index (κ3) is 5.41. The Morgan fingerprint density at radius 2 is 1.55 bits per heavy atom. The van der Waals surface area contributed by atoms with E-state index in [0.717, 1.165) is 16.7 Å². The normalized spacial score (nSPS) is 15.6. The number of urea groups is 1. The maximum Gasteiger partial charge on any atom is 0.338 e. The highest BCUT2D eigenvalue weighted by molar-refractivity contribution is 6.04. The van der Waals surface area contributed by atoms with E-state index >= 15 is 0 Å². The summed E-state index contributed by atoms with van der Waals surface area (Å²) in [5.74, 6) is 0.215. The molecule has 0 aliphatic carbocycles. The topological polar surface area (TPSA) is 76.7 Å². The predicted octanol–water partition coefficient (Wildman–Crippen LogP) is 4.98. The minimum absolute atomic E-state index is 0.297. The van der Waals surface area contributed by atoms with Crippen molar-refractivity contribution in [2.45, 2.75) is 32.6 Å². The monoisotopic (exact) mass is 442 g/mol. The zero-order valence-electron chi connectivity index (χ0n) is 18.6. The Kier molecular flexibility index (Phi) is 6.74. The average Bonchev–Trinajstić information content (AvgIpc) is 2.83. The lowest BCUT2D eigenvalue weighted by molar-refractivity contribution is -0.143. The van der Waals surface area contributed by atoms with Crippen molar-refractivity contribution >= 4 is 17.7 Å². The first-order valence-electron chi connectivity index (χ1n) is 10.9. The Balaban J connectivity index is 1.65. The second-order valence-corrected chi connectivity index (χ2v) is 7.98. The smallest absolute Gasteiger partial charge is 0.338 e. The molecule has 1 unspecified atom stereocenters. The van der Waals surface area contributed by atoms with Gasteiger partial charge in [-0.3, -0.25) is 0 Å². The largest absolute Gasteiger partial charge is 0.489 e. The molecule has 1 aliphatic heterocycles. The third-order valence-electron chi connectivity index (χ3n) is 5.16. The summed E-state index contributed by atoms with van der Waals surface area (Å²) in [4.78, 5) is 25.6. The number of hydrogen-bond acceptors (Lipinski definition) is 4. The van der Waals surface area contributed by atoms with Crippen molar-refractivity contribution in [2.24, 2.45) is 0 Å². The van der Waals surface area contributed by atoms with Gasteiger partial charge in [-0.25, -0.2) is 9.59 Å². The lowest BCUT2D eigenvalue weighted by Gasteiger charge is -2.30. The number of carbonyl (C=O) groups excluding carboxylic acids is 2. The fourth-order valence-corrected chi connectivity index (χ4v) is 3.64. The molecule has 6 heteroatoms. The highest BCUT2D eigenvalue weighted by Crippen LogP contribution is 2.33. The van der Waals surface area contributed by atoms with Gasteiger partial charge in [-0.1, -0.05) is 72.8 Å². The van der Waals surface area contributed by atoms with Gasteiger partial charge in [0.1, 0.15) is 12.4 Å². The second-order valence-electron chi connectivity index (χ2n) is 7.98. The number of carbonyl (C=O) groups is 2. The molecule has 1 aliphatic rings. The van der Waals surface area contributed by atoms with E-state index in [1.807, 2.05) is 84.9 Å². The molecule has 2 N–H and O–H groups in total. The van der Waals surface area contributed by atoms with Crippen molar-refractivity contribution < 1.29 is 19.1 Å². The average molecular weight is 443 g/mol. The molecule has 0 saturated carbocycles. The van der Waals surface area contributed by atoms with Gasteiger partial charge in [-0.2, -0.15) is 0 Å². The molecular weight excluding hydrogens is 416 g/mol. The maximum atomic E-state index is 13.1. The molecule has 0 radical (unpaired) electrons. The molecule has 0 aromatic heterocycles. The zero-order valence-corrected chi connectivity index (χ0v) is 18.6. The SMILES string of the molecule is CC(C)OC(=O)C1=C(c2ccccc2)NC(=O)NC1c1ccc(OCc2ccccc2)cc1. The van der Waals surface area contributed by atoms with Gasteiger partial charge >= 0.3 is 12.0 Å². The molecule has 0 saturated heterocycles. The fraction of sp³-hybridized carbons (Fsp3) is 0.185. The minimum atomic E-state index is -0.664. The molecule has 168 valence electrons. The zero-order chi connectivity index (χ0) is 23.2. The van der Waals surface area contributed by atoms with E-state index in [4.69, 9.17) is 9.47 Å². The van der Waals surface area contributed by atoms with E-state index in [0.29, 0.717) is 23.6 Å². The van der Waals surface area contributed by atoms with Crippen LogP contribution >= 0.6 is 0 Å². The molecule has 6 nitrogen and oxygen atoms in total. The molecule has 0 fully saturated rings. The molecular formula is C27H26N2O4. The number of benzene rings is 3. The molecule has 0 bridgehead atoms. The fourth-order valence-electron chi connectivity index (χ4n) is 3.64. The first-order valence-corrected chi connectivity index (χ1v) is 10.9. The van der Waals surface area contributed by atoms with Gasteiger partial charge in [-0.15, -0.1) is 0 Å². The summed E-state index contributed by atoms with van der Waals surface area (Å²) in [6.45, 7) is 4.04. The summed E-state index contributed by atoms with van der Waals surface area (Å²) in [6, 6.07) is 25.5. The molecule has 4 rings (SSSR count). The van der Waals surface area contributed by atoms with Crippen molar-refractivity contribution in [2.75, 3.05) is 0 Å². The van der Waals surface area contributed by atoms with Crippen LogP contribution < -0.4 is 15.4 Å². The van der Waals surface area contributed by atoms with E-state index < -0.39 is 12.0 Å². The van der Waals surface area contributed by atoms with Gasteiger partial charge in [0.15, 0.2) is 0 Å². The number of esters is 1. The summed E-state index contributed by atoms with van der Waals surface area (Å²) in [6.07, 6.45) is -0.297. The minimum Gasteiger partial charge on any atom is -0.489 e. The van der Waals surface area contributed by atoms with Crippen LogP contribution in [0.15, 0.2) is 90.5 Å². The van der Waals surface area contributed by atoms with Crippen LogP contribution in [0.3, 0.4) is 0 Å². The van der Waals surface area contributed by atoms with Crippen molar-refractivity contribution in [1.29, 1.82) is 0 Å². The number of ether oxygens (including phenoxy) is 2. The lowest BCUT2D eigenvalue weighted by atomic mass is 9.92. The van der Waals surface area contributed by atoms with E-state index in [9.17, 15) is 9.59 Å². The molecule has 3 aromatic carbocycles. The van der Waals surface area contributed by atoms with Crippen LogP contribution in [0.1, 0.15) is 36.6 Å². The maximum absolute atomic E-state index is 13.1. The summed E-state index contributed by atoms with van der Waals surface area (Å²) >= 11 is 0. The molecule has 0 spiro atoms. The molecule has 2 amide bonds. The summed E-state index contributed by atoms with van der Waals surface area (Å²) in [7, 11) is 0. The van der Waals surface area contributed by atoms with E-state index in [1.54, 1.807) is 13.8 Å². The van der Waals surface area contributed by atoms with Crippen LogP contribution in [-0.2, 0) is 16.1 Å². The van der Waals surface area contributed by atoms with Crippen molar-refractivity contribution in [3.63, 3.8) is 0 Å². The van der Waals surface area contributed by atoms with Crippen molar-refractivity contribution in [3.05, 3.63) is 107 Å². The van der Waals surface area contributed by atoms with Gasteiger partial charge in [0.05, 0.1) is 23.4 Å². The van der Waals surface area contributed by atoms with Gasteiger partial charge in [0, 0.05) is 0 Å². The second kappa shape index (κ2) is 10.0. The van der Waals surface area contributed by atoms with Gasteiger partial charge < -0.3 is 20.1 Å². The third-order valence-corrected chi connectivity index (χ3v) is 5.16. The van der Waals surface area contributed by atoms with Gasteiger partial charge in [0.2, 0.25) is 0 Å². The Hall–Kier alpha value is -4.06. The van der Waals surface area contributed by atoms with Crippen LogP contribution in [0.5, 0.6) is 5.75 Å². The van der Waals surface area contributed by atoms with E-state index in [2.05, 4.69) is 10.6 Å². The standard InChI is InChI=1S/C27H26N2O4/c1-18(2)33-26(30)23-24(20-11-7-4-8-12-20)28-27(31)29-25(23)21-13-15-22(16-14-21)32-17-19-9-5-3-6-10-19/h3-16,18,25H,17H2,1-2H3,(H2,28,29,31). The number of nitrogens with one attached hydrogen (secondary N) is 2. The van der Waals surface area contributed by atoms with Gasteiger partial charge in [-0.05, 0) is 42.7 Å². The highest BCUT2D eigenvalue weighted by atomic mass is 16.5. The first kappa shape index (κ1) is 22.1. The summed E-state index contributed by atoms with van der Waals surface area (Å²) in [5.41, 5.74) is 3.35. The van der Waals surface area contributed by atoms with Crippen LogP contribution in [0.25, 0.3) is 5.70 Å². The molecule has 3 aromatic rings. The predicted molar refractivity (Wildman–Crippen MR) is 126 cm³/mol. The number of hydrogen-bond donors (Lipinski definition) is 2. The van der Waals surface area contributed by atoms with Crippen LogP contribution in [0, 0.1) is 0 Å². The van der Waals surface area contributed by atoms with Crippen LogP contribution in [0.4, 0.5) is 4.79 Å². The summed E-state index contributed by atoms with van der Waals surface area (Å²) < 4.78 is 11.4. The lowest BCUT2D eigenvalue weighted by Crippen LogP contribution is -2.45. The highest BCUT2D eigenvalue weighted by Gasteiger charge is 2.34. The Labute approximate surface area is 193 Å². The molecule has 1 heterocycles. The summed E-state index contributed by atoms with van der Waals surface area (Å²) in [5, 5.41) is 5.65. The van der Waals surface area contributed by atoms with Crippen LogP contribution in [0.2, 0.25) is 0 Å². The molecule has 1 atom stereocenters. The Morgan fingerprint density at radius 3 is 2.18 bits per heavy atom. The Bertz CT molecular complexity index is 1140. The van der Waals surface area contributed by atoms with Crippen molar-refractivity contribution in [3.8, 4) is 5.75 Å². The van der Waals surface area contributed by atoms with Crippen LogP contribution in [-0.4, -0.2) is 18.1 Å². The quantitative estimate of drug-likeness (QED) is 0.506.